The summed E-state index contributed by atoms with van der Waals surface area (Å²) in [5.74, 6) is 0. The van der Waals surface area contributed by atoms with Gasteiger partial charge in [-0.3, -0.25) is 4.31 Å². The van der Waals surface area contributed by atoms with E-state index in [-0.39, 0.29) is 6.04 Å². The van der Waals surface area contributed by atoms with Crippen LogP contribution in [0, 0.1) is 0 Å². The molecule has 0 radical (unpaired) electrons. The van der Waals surface area contributed by atoms with Gasteiger partial charge < -0.3 is 0 Å². The first-order valence-corrected chi connectivity index (χ1v) is 10.0. The normalized spacial score (nSPS) is 17.2. The molecule has 24 heavy (non-hydrogen) atoms. The van der Waals surface area contributed by atoms with E-state index in [1.165, 1.54) is 0 Å². The summed E-state index contributed by atoms with van der Waals surface area (Å²) in [6.45, 7) is 1.96. The quantitative estimate of drug-likeness (QED) is 0.621. The zero-order valence-corrected chi connectivity index (χ0v) is 15.5. The molecule has 0 aromatic heterocycles. The lowest BCUT2D eigenvalue weighted by Gasteiger charge is -2.25. The average Bonchev–Trinajstić information content (AvgIpc) is 2.91. The highest BCUT2D eigenvalue weighted by atomic mass is 79.9. The van der Waals surface area contributed by atoms with Gasteiger partial charge in [-0.2, -0.15) is 0 Å². The third kappa shape index (κ3) is 2.26. The van der Waals surface area contributed by atoms with Crippen molar-refractivity contribution in [1.29, 1.82) is 0 Å². The van der Waals surface area contributed by atoms with Crippen molar-refractivity contribution < 1.29 is 8.42 Å². The Kier molecular flexibility index (Phi) is 3.66. The second-order valence-corrected chi connectivity index (χ2v) is 8.71. The number of nitrogens with zero attached hydrogens (tertiary/aromatic N) is 1. The number of sulfonamides is 1. The Morgan fingerprint density at radius 1 is 0.958 bits per heavy atom. The van der Waals surface area contributed by atoms with Gasteiger partial charge in [0.2, 0.25) is 0 Å². The molecule has 0 bridgehead atoms. The summed E-state index contributed by atoms with van der Waals surface area (Å²) < 4.78 is 29.3. The molecule has 1 heterocycles. The fourth-order valence-electron chi connectivity index (χ4n) is 3.47. The topological polar surface area (TPSA) is 37.4 Å². The summed E-state index contributed by atoms with van der Waals surface area (Å²) >= 11 is 3.51. The Bertz CT molecular complexity index is 1050. The first-order chi connectivity index (χ1) is 11.5. The molecule has 3 aromatic rings. The Hall–Kier alpha value is -1.85. The highest BCUT2D eigenvalue weighted by Gasteiger charge is 2.36. The van der Waals surface area contributed by atoms with Crippen LogP contribution < -0.4 is 4.31 Å². The van der Waals surface area contributed by atoms with Crippen LogP contribution in [0.25, 0.3) is 10.8 Å². The fourth-order valence-corrected chi connectivity index (χ4v) is 5.84. The number of halogens is 1. The summed E-state index contributed by atoms with van der Waals surface area (Å²) in [6, 6.07) is 18.7. The van der Waals surface area contributed by atoms with Gasteiger partial charge >= 0.3 is 0 Å². The van der Waals surface area contributed by atoms with Crippen LogP contribution in [0.3, 0.4) is 0 Å². The molecule has 1 unspecified atom stereocenters. The Morgan fingerprint density at radius 2 is 1.62 bits per heavy atom. The average molecular weight is 402 g/mol. The summed E-state index contributed by atoms with van der Waals surface area (Å²) in [6.07, 6.45) is 0.740. The molecule has 4 rings (SSSR count). The largest absolute Gasteiger partial charge is 0.265 e. The summed E-state index contributed by atoms with van der Waals surface area (Å²) in [5, 5.41) is 1.64. The van der Waals surface area contributed by atoms with E-state index < -0.39 is 10.0 Å². The molecule has 0 aliphatic carbocycles. The van der Waals surface area contributed by atoms with Gasteiger partial charge in [-0.05, 0) is 42.5 Å². The number of benzene rings is 3. The van der Waals surface area contributed by atoms with Gasteiger partial charge in [-0.15, -0.1) is 0 Å². The Morgan fingerprint density at radius 3 is 2.42 bits per heavy atom. The first-order valence-electron chi connectivity index (χ1n) is 7.80. The van der Waals surface area contributed by atoms with Gasteiger partial charge in [0.15, 0.2) is 0 Å². The molecule has 0 saturated heterocycles. The van der Waals surface area contributed by atoms with Gasteiger partial charge in [0.1, 0.15) is 0 Å². The number of hydrogen-bond acceptors (Lipinski definition) is 2. The number of para-hydroxylation sites is 1. The van der Waals surface area contributed by atoms with E-state index in [9.17, 15) is 8.42 Å². The molecule has 0 saturated carbocycles. The minimum atomic E-state index is -3.63. The van der Waals surface area contributed by atoms with E-state index in [2.05, 4.69) is 15.9 Å². The maximum Gasteiger partial charge on any atom is 0.265 e. The van der Waals surface area contributed by atoms with Crippen LogP contribution in [0.4, 0.5) is 5.69 Å². The smallest absolute Gasteiger partial charge is 0.263 e. The molecular weight excluding hydrogens is 386 g/mol. The van der Waals surface area contributed by atoms with Crippen LogP contribution in [-0.4, -0.2) is 14.5 Å². The number of anilines is 1. The highest BCUT2D eigenvalue weighted by molar-refractivity contribution is 9.10. The van der Waals surface area contributed by atoms with Crippen molar-refractivity contribution in [2.24, 2.45) is 0 Å². The molecule has 0 amide bonds. The minimum Gasteiger partial charge on any atom is -0.263 e. The van der Waals surface area contributed by atoms with Crippen LogP contribution >= 0.6 is 15.9 Å². The molecule has 0 N–H and O–H groups in total. The Balaban J connectivity index is 1.96. The lowest BCUT2D eigenvalue weighted by molar-refractivity contribution is 0.585. The standard InChI is InChI=1S/C19H16BrNO2S/c1-13-12-14-6-2-5-9-18(14)21(13)24(22,23)19-11-10-17(20)15-7-3-4-8-16(15)19/h2-11,13H,12H2,1H3. The van der Waals surface area contributed by atoms with Crippen LogP contribution in [-0.2, 0) is 16.4 Å². The van der Waals surface area contributed by atoms with Gasteiger partial charge in [-0.1, -0.05) is 58.4 Å². The third-order valence-electron chi connectivity index (χ3n) is 4.51. The molecule has 0 fully saturated rings. The molecule has 1 aliphatic heterocycles. The van der Waals surface area contributed by atoms with Crippen molar-refractivity contribution in [3.05, 3.63) is 70.7 Å². The van der Waals surface area contributed by atoms with Crippen LogP contribution in [0.1, 0.15) is 12.5 Å². The van der Waals surface area contributed by atoms with E-state index in [1.807, 2.05) is 61.5 Å². The summed E-state index contributed by atoms with van der Waals surface area (Å²) in [7, 11) is -3.63. The molecule has 122 valence electrons. The van der Waals surface area contributed by atoms with E-state index >= 15 is 0 Å². The molecule has 1 atom stereocenters. The van der Waals surface area contributed by atoms with Crippen molar-refractivity contribution in [1.82, 2.24) is 0 Å². The zero-order valence-electron chi connectivity index (χ0n) is 13.1. The van der Waals surface area contributed by atoms with E-state index in [1.54, 1.807) is 10.4 Å². The number of hydrogen-bond donors (Lipinski definition) is 0. The SMILES string of the molecule is CC1Cc2ccccc2N1S(=O)(=O)c1ccc(Br)c2ccccc12. The maximum absolute atomic E-state index is 13.4. The number of fused-ring (bicyclic) bond motifs is 2. The molecule has 3 nitrogen and oxygen atoms in total. The van der Waals surface area contributed by atoms with Crippen LogP contribution in [0.2, 0.25) is 0 Å². The monoisotopic (exact) mass is 401 g/mol. The molecule has 3 aromatic carbocycles. The lowest BCUT2D eigenvalue weighted by atomic mass is 10.1. The third-order valence-corrected chi connectivity index (χ3v) is 7.19. The second kappa shape index (κ2) is 5.60. The van der Waals surface area contributed by atoms with Gasteiger partial charge in [0.05, 0.1) is 10.6 Å². The van der Waals surface area contributed by atoms with Crippen LogP contribution in [0.5, 0.6) is 0 Å². The molecular formula is C19H16BrNO2S. The van der Waals surface area contributed by atoms with Crippen molar-refractivity contribution in [2.75, 3.05) is 4.31 Å². The van der Waals surface area contributed by atoms with E-state index in [0.29, 0.717) is 4.90 Å². The lowest BCUT2D eigenvalue weighted by Crippen LogP contribution is -2.35. The predicted molar refractivity (Wildman–Crippen MR) is 101 cm³/mol. The summed E-state index contributed by atoms with van der Waals surface area (Å²) in [4.78, 5) is 0.352. The first kappa shape index (κ1) is 15.7. The van der Waals surface area contributed by atoms with Crippen molar-refractivity contribution in [2.45, 2.75) is 24.3 Å². The maximum atomic E-state index is 13.4. The highest BCUT2D eigenvalue weighted by Crippen LogP contribution is 2.39. The van der Waals surface area contributed by atoms with E-state index in [4.69, 9.17) is 0 Å². The molecule has 0 spiro atoms. The van der Waals surface area contributed by atoms with Gasteiger partial charge in [0, 0.05) is 15.9 Å². The van der Waals surface area contributed by atoms with Crippen molar-refractivity contribution in [3.8, 4) is 0 Å². The molecule has 1 aliphatic rings. The van der Waals surface area contributed by atoms with Crippen LogP contribution in [0.15, 0.2) is 70.0 Å². The van der Waals surface area contributed by atoms with E-state index in [0.717, 1.165) is 32.9 Å². The van der Waals surface area contributed by atoms with Gasteiger partial charge in [-0.25, -0.2) is 8.42 Å². The molecule has 5 heteroatoms. The predicted octanol–water partition coefficient (Wildman–Crippen LogP) is 4.74. The zero-order chi connectivity index (χ0) is 16.9. The minimum absolute atomic E-state index is 0.0881. The van der Waals surface area contributed by atoms with Crippen molar-refractivity contribution >= 4 is 42.4 Å². The second-order valence-electron chi connectivity index (χ2n) is 6.07. The van der Waals surface area contributed by atoms with Gasteiger partial charge in [0.25, 0.3) is 10.0 Å². The van der Waals surface area contributed by atoms with Crippen molar-refractivity contribution in [3.63, 3.8) is 0 Å². The fraction of sp³-hybridized carbons (Fsp3) is 0.158. The number of rotatable bonds is 2. The summed E-state index contributed by atoms with van der Waals surface area (Å²) in [5.41, 5.74) is 1.87. The Labute approximate surface area is 150 Å².